The summed E-state index contributed by atoms with van der Waals surface area (Å²) in [6.07, 6.45) is 1.14. The van der Waals surface area contributed by atoms with Crippen LogP contribution in [0.1, 0.15) is 23.2 Å². The lowest BCUT2D eigenvalue weighted by Gasteiger charge is -2.35. The van der Waals surface area contributed by atoms with Gasteiger partial charge >= 0.3 is 5.97 Å². The van der Waals surface area contributed by atoms with Crippen molar-refractivity contribution in [1.29, 1.82) is 0 Å². The zero-order valence-electron chi connectivity index (χ0n) is 10.6. The van der Waals surface area contributed by atoms with Gasteiger partial charge in [0.05, 0.1) is 17.4 Å². The molecule has 0 aliphatic heterocycles. The van der Waals surface area contributed by atoms with Crippen molar-refractivity contribution in [3.8, 4) is 0 Å². The fraction of sp³-hybridized carbons (Fsp3) is 0.462. The van der Waals surface area contributed by atoms with Crippen molar-refractivity contribution in [2.75, 3.05) is 24.2 Å². The Balaban J connectivity index is 2.18. The molecule has 0 saturated heterocycles. The SMILES string of the molecule is CN(CC1CC(O)C1)c1cc(C(=O)O)c(N)cc1F. The topological polar surface area (TPSA) is 86.8 Å². The van der Waals surface area contributed by atoms with Crippen LogP contribution >= 0.6 is 0 Å². The Morgan fingerprint density at radius 1 is 1.53 bits per heavy atom. The van der Waals surface area contributed by atoms with Crippen molar-refractivity contribution < 1.29 is 19.4 Å². The van der Waals surface area contributed by atoms with Gasteiger partial charge in [0.1, 0.15) is 5.82 Å². The number of nitrogens with two attached hydrogens (primary N) is 1. The third kappa shape index (κ3) is 2.78. The van der Waals surface area contributed by atoms with Crippen LogP contribution in [0.3, 0.4) is 0 Å². The van der Waals surface area contributed by atoms with Crippen molar-refractivity contribution in [3.63, 3.8) is 0 Å². The van der Waals surface area contributed by atoms with Crippen molar-refractivity contribution in [2.24, 2.45) is 5.92 Å². The summed E-state index contributed by atoms with van der Waals surface area (Å²) in [6, 6.07) is 2.28. The molecular weight excluding hydrogens is 251 g/mol. The Morgan fingerprint density at radius 2 is 2.16 bits per heavy atom. The Bertz CT molecular complexity index is 501. The molecule has 0 atom stereocenters. The maximum absolute atomic E-state index is 13.8. The quantitative estimate of drug-likeness (QED) is 0.717. The Labute approximate surface area is 110 Å². The van der Waals surface area contributed by atoms with E-state index in [-0.39, 0.29) is 23.0 Å². The number of carboxylic acids is 1. The lowest BCUT2D eigenvalue weighted by Crippen LogP contribution is -2.37. The maximum atomic E-state index is 13.8. The Morgan fingerprint density at radius 3 is 2.68 bits per heavy atom. The van der Waals surface area contributed by atoms with Crippen molar-refractivity contribution in [2.45, 2.75) is 18.9 Å². The zero-order valence-corrected chi connectivity index (χ0v) is 10.6. The number of aliphatic hydroxyl groups excluding tert-OH is 1. The summed E-state index contributed by atoms with van der Waals surface area (Å²) in [5.41, 5.74) is 5.51. The van der Waals surface area contributed by atoms with E-state index < -0.39 is 11.8 Å². The molecular formula is C13H17FN2O3. The normalized spacial score (nSPS) is 21.8. The van der Waals surface area contributed by atoms with Gasteiger partial charge < -0.3 is 20.8 Å². The number of anilines is 2. The minimum absolute atomic E-state index is 0.0822. The number of halogens is 1. The smallest absolute Gasteiger partial charge is 0.337 e. The van der Waals surface area contributed by atoms with E-state index in [1.54, 1.807) is 11.9 Å². The highest BCUT2D eigenvalue weighted by Crippen LogP contribution is 2.31. The molecule has 1 aliphatic carbocycles. The highest BCUT2D eigenvalue weighted by Gasteiger charge is 2.28. The standard InChI is InChI=1S/C13H17FN2O3/c1-16(6-7-2-8(17)3-7)12-4-9(13(18)19)11(15)5-10(12)14/h4-5,7-8,17H,2-3,6,15H2,1H3,(H,18,19). The first-order valence-corrected chi connectivity index (χ1v) is 6.10. The molecule has 0 heterocycles. The number of carbonyl (C=O) groups is 1. The molecule has 1 aromatic rings. The molecule has 0 amide bonds. The number of hydrogen-bond donors (Lipinski definition) is 3. The molecule has 2 rings (SSSR count). The van der Waals surface area contributed by atoms with Gasteiger partial charge in [0.2, 0.25) is 0 Å². The molecule has 0 radical (unpaired) electrons. The van der Waals surface area contributed by atoms with E-state index in [0.717, 1.165) is 6.07 Å². The first-order chi connectivity index (χ1) is 8.88. The number of aliphatic hydroxyl groups is 1. The first-order valence-electron chi connectivity index (χ1n) is 6.10. The number of rotatable bonds is 4. The van der Waals surface area contributed by atoms with Crippen LogP contribution < -0.4 is 10.6 Å². The second-order valence-electron chi connectivity index (χ2n) is 5.07. The van der Waals surface area contributed by atoms with Gasteiger partial charge in [0, 0.05) is 19.3 Å². The van der Waals surface area contributed by atoms with Gasteiger partial charge in [-0.25, -0.2) is 9.18 Å². The minimum atomic E-state index is -1.17. The van der Waals surface area contributed by atoms with Crippen LogP contribution in [-0.4, -0.2) is 35.9 Å². The van der Waals surface area contributed by atoms with Crippen LogP contribution in [-0.2, 0) is 0 Å². The molecule has 1 aliphatic rings. The Hall–Kier alpha value is -1.82. The van der Waals surface area contributed by atoms with E-state index in [9.17, 15) is 14.3 Å². The summed E-state index contributed by atoms with van der Waals surface area (Å²) in [7, 11) is 1.70. The third-order valence-electron chi connectivity index (χ3n) is 3.50. The van der Waals surface area contributed by atoms with Crippen LogP contribution in [0.2, 0.25) is 0 Å². The molecule has 1 fully saturated rings. The van der Waals surface area contributed by atoms with Crippen LogP contribution in [0.15, 0.2) is 12.1 Å². The van der Waals surface area contributed by atoms with Gasteiger partial charge in [-0.2, -0.15) is 0 Å². The predicted octanol–water partition coefficient (Wildman–Crippen LogP) is 1.31. The summed E-state index contributed by atoms with van der Waals surface area (Å²) in [6.45, 7) is 0.580. The Kier molecular flexibility index (Phi) is 3.61. The number of nitrogens with zero attached hydrogens (tertiary/aromatic N) is 1. The molecule has 5 nitrogen and oxygen atoms in total. The van der Waals surface area contributed by atoms with E-state index in [0.29, 0.717) is 25.3 Å². The molecule has 0 aromatic heterocycles. The molecule has 0 unspecified atom stereocenters. The van der Waals surface area contributed by atoms with Crippen molar-refractivity contribution in [1.82, 2.24) is 0 Å². The number of carboxylic acid groups (broad SMARTS) is 1. The van der Waals surface area contributed by atoms with Crippen LogP contribution in [0.4, 0.5) is 15.8 Å². The van der Waals surface area contributed by atoms with E-state index in [2.05, 4.69) is 0 Å². The average molecular weight is 268 g/mol. The fourth-order valence-corrected chi connectivity index (χ4v) is 2.39. The highest BCUT2D eigenvalue weighted by molar-refractivity contribution is 5.95. The second-order valence-corrected chi connectivity index (χ2v) is 5.07. The summed E-state index contributed by atoms with van der Waals surface area (Å²) >= 11 is 0. The summed E-state index contributed by atoms with van der Waals surface area (Å²) in [5, 5.41) is 18.2. The molecule has 0 spiro atoms. The molecule has 4 N–H and O–H groups in total. The van der Waals surface area contributed by atoms with E-state index in [4.69, 9.17) is 10.8 Å². The monoisotopic (exact) mass is 268 g/mol. The van der Waals surface area contributed by atoms with Crippen molar-refractivity contribution in [3.05, 3.63) is 23.5 Å². The summed E-state index contributed by atoms with van der Waals surface area (Å²) in [5.74, 6) is -1.40. The lowest BCUT2D eigenvalue weighted by molar-refractivity contribution is 0.0464. The highest BCUT2D eigenvalue weighted by atomic mass is 19.1. The number of aromatic carboxylic acids is 1. The molecule has 1 aromatic carbocycles. The van der Waals surface area contributed by atoms with E-state index >= 15 is 0 Å². The zero-order chi connectivity index (χ0) is 14.2. The van der Waals surface area contributed by atoms with Crippen molar-refractivity contribution >= 4 is 17.3 Å². The van der Waals surface area contributed by atoms with Gasteiger partial charge in [-0.3, -0.25) is 0 Å². The molecule has 0 bridgehead atoms. The summed E-state index contributed by atoms with van der Waals surface area (Å²) < 4.78 is 13.8. The number of nitrogen functional groups attached to an aromatic ring is 1. The number of benzene rings is 1. The van der Waals surface area contributed by atoms with Crippen LogP contribution in [0, 0.1) is 11.7 Å². The maximum Gasteiger partial charge on any atom is 0.337 e. The van der Waals surface area contributed by atoms with Gasteiger partial charge in [0.25, 0.3) is 0 Å². The largest absolute Gasteiger partial charge is 0.478 e. The third-order valence-corrected chi connectivity index (χ3v) is 3.50. The van der Waals surface area contributed by atoms with Gasteiger partial charge in [-0.05, 0) is 30.9 Å². The average Bonchev–Trinajstić information content (AvgIpc) is 2.26. The number of hydrogen-bond acceptors (Lipinski definition) is 4. The van der Waals surface area contributed by atoms with E-state index in [1.807, 2.05) is 0 Å². The second kappa shape index (κ2) is 5.05. The van der Waals surface area contributed by atoms with E-state index in [1.165, 1.54) is 6.07 Å². The molecule has 19 heavy (non-hydrogen) atoms. The molecule has 6 heteroatoms. The fourth-order valence-electron chi connectivity index (χ4n) is 2.39. The lowest BCUT2D eigenvalue weighted by atomic mass is 9.82. The first kappa shape index (κ1) is 13.6. The minimum Gasteiger partial charge on any atom is -0.478 e. The molecule has 1 saturated carbocycles. The van der Waals surface area contributed by atoms with Gasteiger partial charge in [0.15, 0.2) is 0 Å². The van der Waals surface area contributed by atoms with Crippen LogP contribution in [0.25, 0.3) is 0 Å². The summed E-state index contributed by atoms with van der Waals surface area (Å²) in [4.78, 5) is 12.7. The molecule has 104 valence electrons. The predicted molar refractivity (Wildman–Crippen MR) is 69.8 cm³/mol. The van der Waals surface area contributed by atoms with Crippen LogP contribution in [0.5, 0.6) is 0 Å². The van der Waals surface area contributed by atoms with Gasteiger partial charge in [-0.1, -0.05) is 0 Å². The van der Waals surface area contributed by atoms with Gasteiger partial charge in [-0.15, -0.1) is 0 Å².